The highest BCUT2D eigenvalue weighted by atomic mass is 32.2. The normalized spacial score (nSPS) is 12.1. The van der Waals surface area contributed by atoms with Gasteiger partial charge >= 0.3 is 0 Å². The summed E-state index contributed by atoms with van der Waals surface area (Å²) in [6.45, 7) is 7.55. The van der Waals surface area contributed by atoms with Crippen LogP contribution in [0.15, 0.2) is 34.0 Å². The molecule has 0 bridgehead atoms. The minimum Gasteiger partial charge on any atom is -0.326 e. The highest BCUT2D eigenvalue weighted by Crippen LogP contribution is 2.20. The van der Waals surface area contributed by atoms with Gasteiger partial charge < -0.3 is 9.88 Å². The number of benzene rings is 1. The molecule has 0 aliphatic carbocycles. The molecule has 0 radical (unpaired) electrons. The Morgan fingerprint density at radius 2 is 1.63 bits per heavy atom. The number of rotatable bonds is 11. The molecule has 1 aromatic heterocycles. The van der Waals surface area contributed by atoms with E-state index in [-0.39, 0.29) is 10.5 Å². The number of nitrogens with one attached hydrogen (secondary N) is 1. The highest BCUT2D eigenvalue weighted by Gasteiger charge is 2.14. The first-order valence-electron chi connectivity index (χ1n) is 9.77. The molecule has 2 aromatic rings. The Balaban J connectivity index is 2.15. The van der Waals surface area contributed by atoms with Crippen molar-refractivity contribution in [3.05, 3.63) is 40.3 Å². The van der Waals surface area contributed by atoms with Crippen LogP contribution in [-0.2, 0) is 16.4 Å². The number of hydrogen-bond donors (Lipinski definition) is 2. The van der Waals surface area contributed by atoms with Crippen LogP contribution in [0, 0.1) is 0 Å². The maximum Gasteiger partial charge on any atom is 0.256 e. The number of aromatic amines is 1. The van der Waals surface area contributed by atoms with Crippen molar-refractivity contribution in [3.63, 3.8) is 0 Å². The standard InChI is InChI=1S/C20H31N3O3S/c1-3-5-12-23(13-6-4-2)14-8-9-16-15-18-17(20(24)22-16)10-7-11-19(18)27(21,25)26/h7,10-11,15H,3-6,8-9,12-14H2,1-2H3,(H,22,24)(H2,21,25,26). The third-order valence-corrected chi connectivity index (χ3v) is 5.76. The molecular weight excluding hydrogens is 362 g/mol. The van der Waals surface area contributed by atoms with Crippen molar-refractivity contribution in [1.29, 1.82) is 0 Å². The van der Waals surface area contributed by atoms with Gasteiger partial charge in [0.25, 0.3) is 5.56 Å². The summed E-state index contributed by atoms with van der Waals surface area (Å²) in [5.41, 5.74) is 0.469. The molecule has 150 valence electrons. The number of fused-ring (bicyclic) bond motifs is 1. The van der Waals surface area contributed by atoms with Crippen molar-refractivity contribution < 1.29 is 8.42 Å². The molecule has 0 amide bonds. The fraction of sp³-hybridized carbons (Fsp3) is 0.550. The van der Waals surface area contributed by atoms with Crippen LogP contribution in [0.3, 0.4) is 0 Å². The van der Waals surface area contributed by atoms with Gasteiger partial charge in [-0.1, -0.05) is 32.8 Å². The maximum atomic E-state index is 12.4. The average molecular weight is 394 g/mol. The second-order valence-corrected chi connectivity index (χ2v) is 8.57. The van der Waals surface area contributed by atoms with Gasteiger partial charge in [-0.05, 0) is 63.5 Å². The highest BCUT2D eigenvalue weighted by molar-refractivity contribution is 7.89. The van der Waals surface area contributed by atoms with E-state index in [9.17, 15) is 13.2 Å². The zero-order valence-corrected chi connectivity index (χ0v) is 17.1. The molecule has 1 aromatic carbocycles. The van der Waals surface area contributed by atoms with E-state index >= 15 is 0 Å². The van der Waals surface area contributed by atoms with Gasteiger partial charge in [-0.15, -0.1) is 0 Å². The quantitative estimate of drug-likeness (QED) is 0.613. The Hall–Kier alpha value is -1.70. The lowest BCUT2D eigenvalue weighted by Gasteiger charge is -2.21. The van der Waals surface area contributed by atoms with Gasteiger partial charge in [-0.3, -0.25) is 4.79 Å². The van der Waals surface area contributed by atoms with E-state index in [0.29, 0.717) is 17.2 Å². The molecule has 0 fully saturated rings. The molecule has 0 aliphatic rings. The average Bonchev–Trinajstić information content (AvgIpc) is 2.62. The van der Waals surface area contributed by atoms with Gasteiger partial charge in [0.15, 0.2) is 0 Å². The molecule has 7 heteroatoms. The van der Waals surface area contributed by atoms with E-state index in [0.717, 1.165) is 31.7 Å². The number of H-pyrrole nitrogens is 1. The molecule has 0 aliphatic heterocycles. The minimum atomic E-state index is -3.88. The fourth-order valence-corrected chi connectivity index (χ4v) is 4.03. The van der Waals surface area contributed by atoms with E-state index in [1.54, 1.807) is 12.1 Å². The smallest absolute Gasteiger partial charge is 0.256 e. The first kappa shape index (κ1) is 21.6. The van der Waals surface area contributed by atoms with Crippen LogP contribution in [0.25, 0.3) is 10.8 Å². The van der Waals surface area contributed by atoms with Gasteiger partial charge in [0, 0.05) is 16.5 Å². The van der Waals surface area contributed by atoms with E-state index in [1.165, 1.54) is 37.8 Å². The van der Waals surface area contributed by atoms with E-state index < -0.39 is 10.0 Å². The van der Waals surface area contributed by atoms with Crippen LogP contribution in [0.5, 0.6) is 0 Å². The van der Waals surface area contributed by atoms with Crippen LogP contribution in [0.2, 0.25) is 0 Å². The summed E-state index contributed by atoms with van der Waals surface area (Å²) in [4.78, 5) is 17.7. The first-order valence-corrected chi connectivity index (χ1v) is 11.3. The number of sulfonamides is 1. The molecule has 1 heterocycles. The Kier molecular flexibility index (Phi) is 8.01. The summed E-state index contributed by atoms with van der Waals surface area (Å²) in [5, 5.41) is 6.05. The summed E-state index contributed by atoms with van der Waals surface area (Å²) in [5.74, 6) is 0. The SMILES string of the molecule is CCCCN(CCCC)CCCc1cc2c(S(N)(=O)=O)cccc2c(=O)[nH]1. The monoisotopic (exact) mass is 393 g/mol. The van der Waals surface area contributed by atoms with Crippen molar-refractivity contribution in [1.82, 2.24) is 9.88 Å². The number of pyridine rings is 1. The summed E-state index contributed by atoms with van der Waals surface area (Å²) in [7, 11) is -3.88. The zero-order chi connectivity index (χ0) is 19.9. The fourth-order valence-electron chi connectivity index (χ4n) is 3.29. The molecule has 0 spiro atoms. The van der Waals surface area contributed by atoms with Gasteiger partial charge in [0.1, 0.15) is 0 Å². The summed E-state index contributed by atoms with van der Waals surface area (Å²) in [6.07, 6.45) is 6.34. The zero-order valence-electron chi connectivity index (χ0n) is 16.3. The van der Waals surface area contributed by atoms with Crippen molar-refractivity contribution in [2.45, 2.75) is 57.3 Å². The number of primary sulfonamides is 1. The maximum absolute atomic E-state index is 12.4. The summed E-state index contributed by atoms with van der Waals surface area (Å²) in [6, 6.07) is 6.34. The number of unbranched alkanes of at least 4 members (excludes halogenated alkanes) is 2. The second-order valence-electron chi connectivity index (χ2n) is 7.04. The molecule has 0 atom stereocenters. The van der Waals surface area contributed by atoms with Gasteiger partial charge in [-0.2, -0.15) is 0 Å². The molecule has 3 N–H and O–H groups in total. The summed E-state index contributed by atoms with van der Waals surface area (Å²) >= 11 is 0. The Labute approximate surface area is 161 Å². The van der Waals surface area contributed by atoms with Gasteiger partial charge in [-0.25, -0.2) is 13.6 Å². The largest absolute Gasteiger partial charge is 0.326 e. The Morgan fingerprint density at radius 3 is 2.22 bits per heavy atom. The third kappa shape index (κ3) is 6.16. The molecule has 0 unspecified atom stereocenters. The summed E-state index contributed by atoms with van der Waals surface area (Å²) < 4.78 is 23.7. The molecule has 6 nitrogen and oxygen atoms in total. The predicted octanol–water partition coefficient (Wildman–Crippen LogP) is 3.01. The van der Waals surface area contributed by atoms with E-state index in [1.807, 2.05) is 0 Å². The van der Waals surface area contributed by atoms with Crippen LogP contribution < -0.4 is 10.7 Å². The molecular formula is C20H31N3O3S. The van der Waals surface area contributed by atoms with Crippen molar-refractivity contribution >= 4 is 20.8 Å². The molecule has 0 saturated heterocycles. The lowest BCUT2D eigenvalue weighted by Crippen LogP contribution is -2.27. The van der Waals surface area contributed by atoms with Gasteiger partial charge in [0.2, 0.25) is 10.0 Å². The Morgan fingerprint density at radius 1 is 1.00 bits per heavy atom. The van der Waals surface area contributed by atoms with E-state index in [2.05, 4.69) is 23.7 Å². The number of aryl methyl sites for hydroxylation is 1. The number of aromatic nitrogens is 1. The molecule has 0 saturated carbocycles. The van der Waals surface area contributed by atoms with E-state index in [4.69, 9.17) is 5.14 Å². The van der Waals surface area contributed by atoms with Crippen molar-refractivity contribution in [3.8, 4) is 0 Å². The van der Waals surface area contributed by atoms with Gasteiger partial charge in [0.05, 0.1) is 4.90 Å². The van der Waals surface area contributed by atoms with Crippen LogP contribution in [-0.4, -0.2) is 37.9 Å². The Bertz CT molecular complexity index is 898. The number of nitrogens with zero attached hydrogens (tertiary/aromatic N) is 1. The van der Waals surface area contributed by atoms with Crippen molar-refractivity contribution in [2.24, 2.45) is 5.14 Å². The van der Waals surface area contributed by atoms with Crippen LogP contribution in [0.1, 0.15) is 51.6 Å². The molecule has 27 heavy (non-hydrogen) atoms. The second kappa shape index (κ2) is 10.0. The van der Waals surface area contributed by atoms with Crippen LogP contribution >= 0.6 is 0 Å². The number of nitrogens with two attached hydrogens (primary N) is 1. The minimum absolute atomic E-state index is 0.000122. The third-order valence-electron chi connectivity index (χ3n) is 4.79. The number of hydrogen-bond acceptors (Lipinski definition) is 4. The predicted molar refractivity (Wildman–Crippen MR) is 111 cm³/mol. The van der Waals surface area contributed by atoms with Crippen molar-refractivity contribution in [2.75, 3.05) is 19.6 Å². The lowest BCUT2D eigenvalue weighted by molar-refractivity contribution is 0.262. The molecule has 2 rings (SSSR count). The first-order chi connectivity index (χ1) is 12.9. The topological polar surface area (TPSA) is 96.3 Å². The van der Waals surface area contributed by atoms with Crippen LogP contribution in [0.4, 0.5) is 0 Å². The lowest BCUT2D eigenvalue weighted by atomic mass is 10.1.